The number of ether oxygens (including phenoxy) is 1. The lowest BCUT2D eigenvalue weighted by Crippen LogP contribution is -2.49. The van der Waals surface area contributed by atoms with Crippen molar-refractivity contribution in [2.75, 3.05) is 31.9 Å². The van der Waals surface area contributed by atoms with Gasteiger partial charge in [0.15, 0.2) is 11.5 Å². The molecule has 12 heteroatoms. The van der Waals surface area contributed by atoms with E-state index in [1.54, 1.807) is 39.8 Å². The Morgan fingerprint density at radius 3 is 2.43 bits per heavy atom. The maximum atomic E-state index is 14.1. The number of fused-ring (bicyclic) bond motifs is 1. The fourth-order valence-corrected chi connectivity index (χ4v) is 6.47. The second-order valence-corrected chi connectivity index (χ2v) is 12.4. The number of benzene rings is 2. The molecule has 0 saturated carbocycles. The molecule has 4 heterocycles. The third-order valence-electron chi connectivity index (χ3n) is 8.93. The zero-order valence-corrected chi connectivity index (χ0v) is 26.0. The summed E-state index contributed by atoms with van der Waals surface area (Å²) in [6.07, 6.45) is 5.34. The topological polar surface area (TPSA) is 156 Å². The Bertz CT molecular complexity index is 1850. The monoisotopic (exact) mass is 622 g/mol. The molecule has 4 aromatic rings. The van der Waals surface area contributed by atoms with Crippen LogP contribution in [-0.4, -0.2) is 77.7 Å². The van der Waals surface area contributed by atoms with E-state index in [2.05, 4.69) is 20.9 Å². The molecule has 2 aliphatic heterocycles. The Morgan fingerprint density at radius 1 is 1.04 bits per heavy atom. The number of amides is 1. The molecule has 12 nitrogen and oxygen atoms in total. The van der Waals surface area contributed by atoms with Crippen molar-refractivity contribution in [2.24, 2.45) is 0 Å². The lowest BCUT2D eigenvalue weighted by Gasteiger charge is -2.40. The van der Waals surface area contributed by atoms with Crippen LogP contribution in [0, 0.1) is 11.3 Å². The molecule has 2 aromatic carbocycles. The second-order valence-electron chi connectivity index (χ2n) is 12.4. The molecular weight excluding hydrogens is 584 g/mol. The third kappa shape index (κ3) is 6.11. The van der Waals surface area contributed by atoms with Crippen molar-refractivity contribution >= 4 is 22.9 Å². The maximum Gasteiger partial charge on any atom is 0.335 e. The van der Waals surface area contributed by atoms with Crippen molar-refractivity contribution in [3.05, 3.63) is 83.1 Å². The molecule has 2 fully saturated rings. The number of hydrogen-bond donors (Lipinski definition) is 2. The van der Waals surface area contributed by atoms with E-state index in [1.165, 1.54) is 10.9 Å². The van der Waals surface area contributed by atoms with Gasteiger partial charge >= 0.3 is 5.69 Å². The van der Waals surface area contributed by atoms with Crippen molar-refractivity contribution in [1.29, 1.82) is 5.26 Å². The highest BCUT2D eigenvalue weighted by Crippen LogP contribution is 2.30. The van der Waals surface area contributed by atoms with Crippen LogP contribution in [-0.2, 0) is 4.79 Å². The van der Waals surface area contributed by atoms with Gasteiger partial charge in [0.25, 0.3) is 5.91 Å². The molecule has 0 spiro atoms. The number of carbonyl (C=O) groups excluding carboxylic acids is 1. The summed E-state index contributed by atoms with van der Waals surface area (Å²) in [7, 11) is 0. The number of likely N-dealkylation sites (tertiary alicyclic amines) is 2. The molecule has 6 rings (SSSR count). The Balaban J connectivity index is 1.28. The van der Waals surface area contributed by atoms with E-state index in [9.17, 15) is 20.0 Å². The molecule has 2 aliphatic rings. The Hall–Kier alpha value is -4.99. The number of nitrogen functional groups attached to an aromatic ring is 1. The van der Waals surface area contributed by atoms with Gasteiger partial charge in [-0.05, 0) is 82.0 Å². The smallest absolute Gasteiger partial charge is 0.335 e. The molecule has 238 valence electrons. The van der Waals surface area contributed by atoms with Gasteiger partial charge in [0, 0.05) is 31.7 Å². The summed E-state index contributed by atoms with van der Waals surface area (Å²) < 4.78 is 9.02. The summed E-state index contributed by atoms with van der Waals surface area (Å²) in [5.41, 5.74) is 6.84. The molecule has 0 unspecified atom stereocenters. The van der Waals surface area contributed by atoms with Gasteiger partial charge < -0.3 is 20.5 Å². The van der Waals surface area contributed by atoms with Gasteiger partial charge in [-0.2, -0.15) is 5.26 Å². The number of aliphatic hydroxyl groups excluding tert-OH is 1. The molecule has 3 N–H and O–H groups in total. The standard InChI is InChI=1S/C34H38N8O4/c1-34(2,40-17-14-26(43)15-18-40)19-23(20-35)32(44)39-16-6-7-25(21-39)42-31-29(30(36)37-22-38-31)41(33(42)45)24-10-12-28(13-11-24)46-27-8-4-3-5-9-27/h3-5,8-13,19,22,25-26,43H,6-7,14-18,21H2,1-2H3,(H2,36,37,38)/t25-/m0/s1. The molecule has 0 radical (unpaired) electrons. The van der Waals surface area contributed by atoms with Crippen molar-refractivity contribution in [3.8, 4) is 23.3 Å². The van der Waals surface area contributed by atoms with Crippen LogP contribution in [0.1, 0.15) is 45.6 Å². The van der Waals surface area contributed by atoms with E-state index < -0.39 is 5.54 Å². The summed E-state index contributed by atoms with van der Waals surface area (Å²) in [5.74, 6) is 1.11. The molecule has 1 amide bonds. The number of imidazole rings is 1. The van der Waals surface area contributed by atoms with Crippen LogP contribution in [0.25, 0.3) is 16.9 Å². The molecule has 0 aliphatic carbocycles. The zero-order valence-electron chi connectivity index (χ0n) is 26.0. The summed E-state index contributed by atoms with van der Waals surface area (Å²) >= 11 is 0. The minimum absolute atomic E-state index is 0.0657. The van der Waals surface area contributed by atoms with Crippen molar-refractivity contribution in [2.45, 2.75) is 57.2 Å². The van der Waals surface area contributed by atoms with Gasteiger partial charge in [-0.15, -0.1) is 0 Å². The number of nitriles is 1. The number of anilines is 1. The van der Waals surface area contributed by atoms with Crippen LogP contribution in [0.3, 0.4) is 0 Å². The van der Waals surface area contributed by atoms with Crippen molar-refractivity contribution in [1.82, 2.24) is 28.9 Å². The lowest BCUT2D eigenvalue weighted by atomic mass is 9.94. The predicted molar refractivity (Wildman–Crippen MR) is 173 cm³/mol. The van der Waals surface area contributed by atoms with Crippen LogP contribution < -0.4 is 16.2 Å². The molecule has 2 saturated heterocycles. The summed E-state index contributed by atoms with van der Waals surface area (Å²) in [4.78, 5) is 40.3. The van der Waals surface area contributed by atoms with Crippen LogP contribution in [0.15, 0.2) is 77.4 Å². The number of piperidine rings is 2. The minimum Gasteiger partial charge on any atom is -0.457 e. The number of nitrogens with zero attached hydrogens (tertiary/aromatic N) is 7. The van der Waals surface area contributed by atoms with E-state index >= 15 is 0 Å². The first kappa shape index (κ1) is 31.0. The zero-order chi connectivity index (χ0) is 32.4. The number of nitrogens with two attached hydrogens (primary N) is 1. The summed E-state index contributed by atoms with van der Waals surface area (Å²) in [6.45, 7) is 6.04. The van der Waals surface area contributed by atoms with E-state index in [0.29, 0.717) is 73.7 Å². The number of rotatable bonds is 7. The van der Waals surface area contributed by atoms with Gasteiger partial charge in [0.1, 0.15) is 35.0 Å². The van der Waals surface area contributed by atoms with Crippen molar-refractivity contribution in [3.63, 3.8) is 0 Å². The van der Waals surface area contributed by atoms with E-state index in [4.69, 9.17) is 10.5 Å². The number of para-hydroxylation sites is 1. The van der Waals surface area contributed by atoms with Gasteiger partial charge in [0.05, 0.1) is 17.8 Å². The predicted octanol–water partition coefficient (Wildman–Crippen LogP) is 3.81. The first-order chi connectivity index (χ1) is 22.2. The van der Waals surface area contributed by atoms with Gasteiger partial charge in [-0.3, -0.25) is 18.8 Å². The average Bonchev–Trinajstić information content (AvgIpc) is 3.37. The highest BCUT2D eigenvalue weighted by Gasteiger charge is 2.34. The molecule has 1 atom stereocenters. The summed E-state index contributed by atoms with van der Waals surface area (Å²) in [6, 6.07) is 18.3. The Kier molecular flexibility index (Phi) is 8.62. The molecule has 2 aromatic heterocycles. The maximum absolute atomic E-state index is 14.1. The minimum atomic E-state index is -0.545. The number of hydrogen-bond acceptors (Lipinski definition) is 9. The van der Waals surface area contributed by atoms with Crippen LogP contribution >= 0.6 is 0 Å². The summed E-state index contributed by atoms with van der Waals surface area (Å²) in [5, 5.41) is 20.0. The van der Waals surface area contributed by atoms with Crippen LogP contribution in [0.4, 0.5) is 5.82 Å². The second kappa shape index (κ2) is 12.8. The number of carbonyl (C=O) groups is 1. The van der Waals surface area contributed by atoms with E-state index in [1.807, 2.05) is 44.2 Å². The van der Waals surface area contributed by atoms with Gasteiger partial charge in [-0.25, -0.2) is 14.8 Å². The fourth-order valence-electron chi connectivity index (χ4n) is 6.47. The lowest BCUT2D eigenvalue weighted by molar-refractivity contribution is -0.128. The first-order valence-corrected chi connectivity index (χ1v) is 15.6. The number of aliphatic hydroxyl groups is 1. The van der Waals surface area contributed by atoms with E-state index in [0.717, 1.165) is 0 Å². The average molecular weight is 623 g/mol. The number of aromatic nitrogens is 4. The van der Waals surface area contributed by atoms with Gasteiger partial charge in [0.2, 0.25) is 0 Å². The van der Waals surface area contributed by atoms with Crippen molar-refractivity contribution < 1.29 is 14.6 Å². The Morgan fingerprint density at radius 2 is 1.74 bits per heavy atom. The molecular formula is C34H38N8O4. The van der Waals surface area contributed by atoms with Crippen LogP contribution in [0.2, 0.25) is 0 Å². The van der Waals surface area contributed by atoms with Gasteiger partial charge in [-0.1, -0.05) is 18.2 Å². The van der Waals surface area contributed by atoms with E-state index in [-0.39, 0.29) is 41.7 Å². The Labute approximate surface area is 267 Å². The third-order valence-corrected chi connectivity index (χ3v) is 8.93. The van der Waals surface area contributed by atoms with Crippen LogP contribution in [0.5, 0.6) is 11.5 Å². The molecule has 0 bridgehead atoms. The normalized spacial score (nSPS) is 18.4. The SMILES string of the molecule is CC(C)(C=C(C#N)C(=O)N1CCC[C@H](n2c(=O)n(-c3ccc(Oc4ccccc4)cc3)c3c(N)ncnc32)C1)N1CCC(O)CC1. The first-order valence-electron chi connectivity index (χ1n) is 15.6. The fraction of sp³-hybridized carbons (Fsp3) is 0.382. The highest BCUT2D eigenvalue weighted by atomic mass is 16.5. The quantitative estimate of drug-likeness (QED) is 0.231. The largest absolute Gasteiger partial charge is 0.457 e. The highest BCUT2D eigenvalue weighted by molar-refractivity contribution is 5.97. The molecule has 46 heavy (non-hydrogen) atoms.